The minimum absolute atomic E-state index is 0.119. The van der Waals surface area contributed by atoms with E-state index in [-0.39, 0.29) is 16.9 Å². The van der Waals surface area contributed by atoms with E-state index in [0.717, 1.165) is 12.8 Å². The van der Waals surface area contributed by atoms with Crippen LogP contribution in [0.1, 0.15) is 33.6 Å². The molecule has 1 aliphatic carbocycles. The Kier molecular flexibility index (Phi) is 4.78. The largest absolute Gasteiger partial charge is 0.492 e. The van der Waals surface area contributed by atoms with Crippen molar-refractivity contribution in [3.8, 4) is 5.75 Å². The number of hydrogen-bond donors (Lipinski definition) is 1. The first kappa shape index (κ1) is 16.1. The lowest BCUT2D eigenvalue weighted by atomic mass is 10.2. The Morgan fingerprint density at radius 2 is 2.05 bits per heavy atom. The molecule has 1 aliphatic rings. The van der Waals surface area contributed by atoms with E-state index >= 15 is 0 Å². The van der Waals surface area contributed by atoms with Gasteiger partial charge in [0.05, 0.1) is 6.61 Å². The zero-order valence-electron chi connectivity index (χ0n) is 12.9. The summed E-state index contributed by atoms with van der Waals surface area (Å²) in [4.78, 5) is 0.178. The van der Waals surface area contributed by atoms with Gasteiger partial charge in [0.1, 0.15) is 10.6 Å². The Morgan fingerprint density at radius 3 is 2.57 bits per heavy atom. The van der Waals surface area contributed by atoms with Gasteiger partial charge in [-0.25, -0.2) is 8.42 Å². The van der Waals surface area contributed by atoms with Crippen molar-refractivity contribution in [2.45, 2.75) is 44.6 Å². The third kappa shape index (κ3) is 3.68. The molecule has 1 aromatic carbocycles. The van der Waals surface area contributed by atoms with Crippen molar-refractivity contribution in [3.63, 3.8) is 0 Å². The van der Waals surface area contributed by atoms with Crippen LogP contribution in [0.4, 0.5) is 5.69 Å². The maximum Gasteiger partial charge on any atom is 0.247 e. The highest BCUT2D eigenvalue weighted by Gasteiger charge is 2.39. The van der Waals surface area contributed by atoms with Gasteiger partial charge in [-0.15, -0.1) is 0 Å². The van der Waals surface area contributed by atoms with Crippen molar-refractivity contribution < 1.29 is 13.2 Å². The van der Waals surface area contributed by atoms with Crippen molar-refractivity contribution in [2.24, 2.45) is 5.92 Å². The molecule has 6 heteroatoms. The lowest BCUT2D eigenvalue weighted by Gasteiger charge is -2.25. The molecule has 0 aromatic heterocycles. The summed E-state index contributed by atoms with van der Waals surface area (Å²) in [6.45, 7) is 6.81. The highest BCUT2D eigenvalue weighted by atomic mass is 32.2. The predicted molar refractivity (Wildman–Crippen MR) is 83.8 cm³/mol. The standard InChI is InChI=1S/C15H24N2O3S/c1-4-20-14-8-5-12(16)9-15(14)21(18,19)17(10-11(2)3)13-6-7-13/h5,8-9,11,13H,4,6-7,10,16H2,1-3H3. The summed E-state index contributed by atoms with van der Waals surface area (Å²) in [6.07, 6.45) is 1.86. The Morgan fingerprint density at radius 1 is 1.38 bits per heavy atom. The number of anilines is 1. The predicted octanol–water partition coefficient (Wildman–Crippen LogP) is 2.48. The summed E-state index contributed by atoms with van der Waals surface area (Å²) in [7, 11) is -3.58. The van der Waals surface area contributed by atoms with E-state index in [4.69, 9.17) is 10.5 Å². The highest BCUT2D eigenvalue weighted by Crippen LogP contribution is 2.36. The van der Waals surface area contributed by atoms with Crippen molar-refractivity contribution in [1.29, 1.82) is 0 Å². The second kappa shape index (κ2) is 6.23. The van der Waals surface area contributed by atoms with Crippen LogP contribution in [-0.4, -0.2) is 31.9 Å². The van der Waals surface area contributed by atoms with Crippen LogP contribution < -0.4 is 10.5 Å². The zero-order chi connectivity index (χ0) is 15.6. The second-order valence-corrected chi connectivity index (χ2v) is 7.70. The molecule has 0 heterocycles. The number of hydrogen-bond acceptors (Lipinski definition) is 4. The molecule has 1 saturated carbocycles. The molecule has 0 radical (unpaired) electrons. The van der Waals surface area contributed by atoms with Gasteiger partial charge in [0.15, 0.2) is 0 Å². The first-order chi connectivity index (χ1) is 9.86. The fourth-order valence-corrected chi connectivity index (χ4v) is 4.31. The molecule has 21 heavy (non-hydrogen) atoms. The molecule has 1 aromatic rings. The summed E-state index contributed by atoms with van der Waals surface area (Å²) in [5.41, 5.74) is 6.20. The Balaban J connectivity index is 2.43. The SMILES string of the molecule is CCOc1ccc(N)cc1S(=O)(=O)N(CC(C)C)C1CC1. The number of nitrogens with two attached hydrogens (primary N) is 1. The van der Waals surface area contributed by atoms with E-state index in [0.29, 0.717) is 24.6 Å². The minimum Gasteiger partial charge on any atom is -0.492 e. The number of nitrogen functional groups attached to an aromatic ring is 1. The van der Waals surface area contributed by atoms with Gasteiger partial charge in [0, 0.05) is 18.3 Å². The van der Waals surface area contributed by atoms with Gasteiger partial charge in [-0.3, -0.25) is 0 Å². The van der Waals surface area contributed by atoms with Gasteiger partial charge in [-0.2, -0.15) is 4.31 Å². The molecule has 0 bridgehead atoms. The lowest BCUT2D eigenvalue weighted by Crippen LogP contribution is -2.36. The monoisotopic (exact) mass is 312 g/mol. The van der Waals surface area contributed by atoms with Crippen LogP contribution in [0.15, 0.2) is 23.1 Å². The molecule has 0 spiro atoms. The average Bonchev–Trinajstić information content (AvgIpc) is 3.22. The molecular weight excluding hydrogens is 288 g/mol. The molecule has 1 fully saturated rings. The Labute approximate surface area is 127 Å². The molecule has 2 rings (SSSR count). The maximum atomic E-state index is 13.0. The van der Waals surface area contributed by atoms with E-state index < -0.39 is 10.0 Å². The van der Waals surface area contributed by atoms with Gasteiger partial charge >= 0.3 is 0 Å². The number of benzene rings is 1. The van der Waals surface area contributed by atoms with Crippen LogP contribution in [0.2, 0.25) is 0 Å². The van der Waals surface area contributed by atoms with E-state index in [1.807, 2.05) is 20.8 Å². The molecule has 118 valence electrons. The van der Waals surface area contributed by atoms with Crippen LogP contribution in [0.25, 0.3) is 0 Å². The summed E-state index contributed by atoms with van der Waals surface area (Å²) in [5, 5.41) is 0. The first-order valence-corrected chi connectivity index (χ1v) is 8.84. The number of nitrogens with zero attached hydrogens (tertiary/aromatic N) is 1. The number of ether oxygens (including phenoxy) is 1. The first-order valence-electron chi connectivity index (χ1n) is 7.40. The average molecular weight is 312 g/mol. The fraction of sp³-hybridized carbons (Fsp3) is 0.600. The zero-order valence-corrected chi connectivity index (χ0v) is 13.7. The van der Waals surface area contributed by atoms with Crippen molar-refractivity contribution in [2.75, 3.05) is 18.9 Å². The maximum absolute atomic E-state index is 13.0. The molecule has 0 unspecified atom stereocenters. The van der Waals surface area contributed by atoms with Crippen LogP contribution in [0, 0.1) is 5.92 Å². The highest BCUT2D eigenvalue weighted by molar-refractivity contribution is 7.89. The van der Waals surface area contributed by atoms with Crippen LogP contribution in [0.5, 0.6) is 5.75 Å². The van der Waals surface area contributed by atoms with E-state index in [2.05, 4.69) is 0 Å². The van der Waals surface area contributed by atoms with Gasteiger partial charge < -0.3 is 10.5 Å². The number of rotatable bonds is 7. The van der Waals surface area contributed by atoms with Crippen molar-refractivity contribution in [3.05, 3.63) is 18.2 Å². The van der Waals surface area contributed by atoms with Crippen LogP contribution in [0.3, 0.4) is 0 Å². The summed E-state index contributed by atoms with van der Waals surface area (Å²) < 4.78 is 33.1. The number of sulfonamides is 1. The van der Waals surface area contributed by atoms with Crippen LogP contribution in [-0.2, 0) is 10.0 Å². The third-order valence-corrected chi connectivity index (χ3v) is 5.29. The topological polar surface area (TPSA) is 72.6 Å². The van der Waals surface area contributed by atoms with Gasteiger partial charge in [0.25, 0.3) is 0 Å². The molecular formula is C15H24N2O3S. The molecule has 0 saturated heterocycles. The summed E-state index contributed by atoms with van der Waals surface area (Å²) in [5.74, 6) is 0.651. The smallest absolute Gasteiger partial charge is 0.247 e. The summed E-state index contributed by atoms with van der Waals surface area (Å²) >= 11 is 0. The normalized spacial score (nSPS) is 15.7. The quantitative estimate of drug-likeness (QED) is 0.785. The van der Waals surface area contributed by atoms with E-state index in [1.54, 1.807) is 16.4 Å². The van der Waals surface area contributed by atoms with Crippen LogP contribution >= 0.6 is 0 Å². The summed E-state index contributed by atoms with van der Waals surface area (Å²) in [6, 6.07) is 4.91. The second-order valence-electron chi connectivity index (χ2n) is 5.84. The van der Waals surface area contributed by atoms with Gasteiger partial charge in [0.2, 0.25) is 10.0 Å². The van der Waals surface area contributed by atoms with E-state index in [9.17, 15) is 8.42 Å². The van der Waals surface area contributed by atoms with Gasteiger partial charge in [-0.05, 0) is 43.9 Å². The lowest BCUT2D eigenvalue weighted by molar-refractivity contribution is 0.325. The molecule has 0 amide bonds. The van der Waals surface area contributed by atoms with Crippen molar-refractivity contribution >= 4 is 15.7 Å². The van der Waals surface area contributed by atoms with Gasteiger partial charge in [-0.1, -0.05) is 13.8 Å². The molecule has 0 aliphatic heterocycles. The molecule has 0 atom stereocenters. The molecule has 2 N–H and O–H groups in total. The Bertz CT molecular complexity index is 595. The Hall–Kier alpha value is -1.27. The van der Waals surface area contributed by atoms with E-state index in [1.165, 1.54) is 6.07 Å². The minimum atomic E-state index is -3.58. The third-order valence-electron chi connectivity index (χ3n) is 3.35. The fourth-order valence-electron chi connectivity index (χ4n) is 2.29. The van der Waals surface area contributed by atoms with Crippen molar-refractivity contribution in [1.82, 2.24) is 4.31 Å². The molecule has 5 nitrogen and oxygen atoms in total.